The van der Waals surface area contributed by atoms with Gasteiger partial charge in [-0.25, -0.2) is 4.98 Å². The van der Waals surface area contributed by atoms with Crippen LogP contribution in [0.4, 0.5) is 0 Å². The van der Waals surface area contributed by atoms with Crippen molar-refractivity contribution >= 4 is 11.3 Å². The minimum absolute atomic E-state index is 1.03. The summed E-state index contributed by atoms with van der Waals surface area (Å²) in [5, 5.41) is 6.89. The molecule has 0 atom stereocenters. The Morgan fingerprint density at radius 1 is 1.14 bits per heavy atom. The van der Waals surface area contributed by atoms with Crippen molar-refractivity contribution in [2.75, 3.05) is 13.1 Å². The van der Waals surface area contributed by atoms with Crippen LogP contribution in [0.25, 0.3) is 11.3 Å². The van der Waals surface area contributed by atoms with Gasteiger partial charge in [-0.2, -0.15) is 0 Å². The summed E-state index contributed by atoms with van der Waals surface area (Å²) in [4.78, 5) is 4.81. The first kappa shape index (κ1) is 14.7. The van der Waals surface area contributed by atoms with Gasteiger partial charge >= 0.3 is 0 Å². The maximum atomic E-state index is 4.81. The summed E-state index contributed by atoms with van der Waals surface area (Å²) in [5.74, 6) is 0. The number of benzene rings is 1. The van der Waals surface area contributed by atoms with E-state index in [-0.39, 0.29) is 0 Å². The summed E-state index contributed by atoms with van der Waals surface area (Å²) in [6.07, 6.45) is 7.40. The second-order valence-corrected chi connectivity index (χ2v) is 6.76. The second kappa shape index (κ2) is 7.19. The van der Waals surface area contributed by atoms with Crippen LogP contribution in [0.1, 0.15) is 42.3 Å². The Labute approximate surface area is 131 Å². The Kier molecular flexibility index (Phi) is 5.04. The van der Waals surface area contributed by atoms with Crippen molar-refractivity contribution in [1.29, 1.82) is 0 Å². The van der Waals surface area contributed by atoms with Crippen LogP contribution in [0.3, 0.4) is 0 Å². The van der Waals surface area contributed by atoms with E-state index in [1.807, 2.05) is 0 Å². The predicted octanol–water partition coefficient (Wildman–Crippen LogP) is 4.23. The average Bonchev–Trinajstić information content (AvgIpc) is 3.00. The molecule has 3 rings (SSSR count). The summed E-state index contributed by atoms with van der Waals surface area (Å²) in [6, 6.07) is 6.92. The van der Waals surface area contributed by atoms with Crippen LogP contribution in [-0.2, 0) is 19.3 Å². The molecule has 21 heavy (non-hydrogen) atoms. The highest BCUT2D eigenvalue weighted by atomic mass is 32.1. The van der Waals surface area contributed by atoms with Gasteiger partial charge in [0.1, 0.15) is 0 Å². The smallest absolute Gasteiger partial charge is 0.0945 e. The average molecular weight is 300 g/mol. The van der Waals surface area contributed by atoms with Crippen LogP contribution in [-0.4, -0.2) is 18.1 Å². The van der Waals surface area contributed by atoms with Crippen molar-refractivity contribution in [2.45, 2.75) is 45.4 Å². The van der Waals surface area contributed by atoms with E-state index >= 15 is 0 Å². The molecule has 0 fully saturated rings. The van der Waals surface area contributed by atoms with E-state index in [9.17, 15) is 0 Å². The topological polar surface area (TPSA) is 24.9 Å². The van der Waals surface area contributed by atoms with E-state index in [0.29, 0.717) is 0 Å². The van der Waals surface area contributed by atoms with Crippen molar-refractivity contribution in [3.05, 3.63) is 39.7 Å². The molecule has 2 aromatic rings. The van der Waals surface area contributed by atoms with Crippen molar-refractivity contribution in [2.24, 2.45) is 0 Å². The molecular weight excluding hydrogens is 276 g/mol. The van der Waals surface area contributed by atoms with Crippen LogP contribution < -0.4 is 5.32 Å². The fraction of sp³-hybridized carbons (Fsp3) is 0.500. The highest BCUT2D eigenvalue weighted by Gasteiger charge is 2.11. The molecule has 0 radical (unpaired) electrons. The van der Waals surface area contributed by atoms with Gasteiger partial charge < -0.3 is 5.32 Å². The van der Waals surface area contributed by atoms with E-state index in [1.54, 1.807) is 16.9 Å². The van der Waals surface area contributed by atoms with Crippen LogP contribution in [0.2, 0.25) is 0 Å². The van der Waals surface area contributed by atoms with E-state index in [0.717, 1.165) is 25.2 Å². The Hall–Kier alpha value is -1.19. The Morgan fingerprint density at radius 3 is 2.86 bits per heavy atom. The van der Waals surface area contributed by atoms with Crippen molar-refractivity contribution in [1.82, 2.24) is 10.3 Å². The van der Waals surface area contributed by atoms with Gasteiger partial charge in [-0.3, -0.25) is 0 Å². The molecule has 0 saturated carbocycles. The fourth-order valence-corrected chi connectivity index (χ4v) is 3.76. The SMILES string of the molecule is CCCNCCc1nc(-c2ccc3c(c2)CCCC3)cs1. The highest BCUT2D eigenvalue weighted by molar-refractivity contribution is 7.09. The molecule has 0 amide bonds. The molecule has 112 valence electrons. The third-order valence-corrected chi connectivity index (χ3v) is 5.05. The first-order chi connectivity index (χ1) is 10.4. The van der Waals surface area contributed by atoms with Gasteiger partial charge in [0.15, 0.2) is 0 Å². The van der Waals surface area contributed by atoms with E-state index in [1.165, 1.54) is 48.2 Å². The first-order valence-corrected chi connectivity index (χ1v) is 9.02. The number of nitrogens with zero attached hydrogens (tertiary/aromatic N) is 1. The number of aryl methyl sites for hydroxylation is 2. The minimum atomic E-state index is 1.03. The molecule has 0 aliphatic heterocycles. The van der Waals surface area contributed by atoms with Gasteiger partial charge in [-0.15, -0.1) is 11.3 Å². The summed E-state index contributed by atoms with van der Waals surface area (Å²) < 4.78 is 0. The van der Waals surface area contributed by atoms with Gasteiger partial charge in [0.25, 0.3) is 0 Å². The van der Waals surface area contributed by atoms with E-state index < -0.39 is 0 Å². The zero-order chi connectivity index (χ0) is 14.5. The van der Waals surface area contributed by atoms with Crippen molar-refractivity contribution in [3.63, 3.8) is 0 Å². The molecule has 1 aromatic heterocycles. The molecule has 0 unspecified atom stereocenters. The van der Waals surface area contributed by atoms with Crippen LogP contribution >= 0.6 is 11.3 Å². The van der Waals surface area contributed by atoms with E-state index in [4.69, 9.17) is 4.98 Å². The number of rotatable bonds is 6. The molecule has 1 aliphatic carbocycles. The lowest BCUT2D eigenvalue weighted by Gasteiger charge is -2.16. The summed E-state index contributed by atoms with van der Waals surface area (Å²) in [5.41, 5.74) is 5.53. The van der Waals surface area contributed by atoms with Crippen LogP contribution in [0.15, 0.2) is 23.6 Å². The second-order valence-electron chi connectivity index (χ2n) is 5.82. The molecule has 0 bridgehead atoms. The standard InChI is InChI=1S/C18H24N2S/c1-2-10-19-11-9-18-20-17(13-21-18)16-8-7-14-5-3-4-6-15(14)12-16/h7-8,12-13,19H,2-6,9-11H2,1H3. The molecule has 1 N–H and O–H groups in total. The van der Waals surface area contributed by atoms with Gasteiger partial charge in [-0.1, -0.05) is 19.1 Å². The summed E-state index contributed by atoms with van der Waals surface area (Å²) in [7, 11) is 0. The van der Waals surface area contributed by atoms with Crippen LogP contribution in [0.5, 0.6) is 0 Å². The molecule has 2 nitrogen and oxygen atoms in total. The fourth-order valence-electron chi connectivity index (χ4n) is 2.95. The number of fused-ring (bicyclic) bond motifs is 1. The lowest BCUT2D eigenvalue weighted by atomic mass is 9.90. The largest absolute Gasteiger partial charge is 0.316 e. The van der Waals surface area contributed by atoms with Crippen molar-refractivity contribution in [3.8, 4) is 11.3 Å². The lowest BCUT2D eigenvalue weighted by Crippen LogP contribution is -2.17. The van der Waals surface area contributed by atoms with E-state index in [2.05, 4.69) is 35.8 Å². The number of nitrogens with one attached hydrogen (secondary N) is 1. The monoisotopic (exact) mass is 300 g/mol. The molecular formula is C18H24N2S. The zero-order valence-electron chi connectivity index (χ0n) is 12.8. The first-order valence-electron chi connectivity index (χ1n) is 8.14. The Bertz CT molecular complexity index is 589. The molecule has 1 aromatic carbocycles. The molecule has 1 aliphatic rings. The normalized spacial score (nSPS) is 14.1. The highest BCUT2D eigenvalue weighted by Crippen LogP contribution is 2.28. The molecule has 0 spiro atoms. The van der Waals surface area contributed by atoms with Crippen molar-refractivity contribution < 1.29 is 0 Å². The number of hydrogen-bond donors (Lipinski definition) is 1. The minimum Gasteiger partial charge on any atom is -0.316 e. The molecule has 1 heterocycles. The predicted molar refractivity (Wildman–Crippen MR) is 91.1 cm³/mol. The number of thiazole rings is 1. The maximum Gasteiger partial charge on any atom is 0.0945 e. The van der Waals surface area contributed by atoms with Gasteiger partial charge in [0.05, 0.1) is 10.7 Å². The van der Waals surface area contributed by atoms with Crippen LogP contribution in [0, 0.1) is 0 Å². The molecule has 3 heteroatoms. The Morgan fingerprint density at radius 2 is 2.00 bits per heavy atom. The quantitative estimate of drug-likeness (QED) is 0.808. The lowest BCUT2D eigenvalue weighted by molar-refractivity contribution is 0.670. The summed E-state index contributed by atoms with van der Waals surface area (Å²) >= 11 is 1.79. The van der Waals surface area contributed by atoms with Gasteiger partial charge in [0, 0.05) is 23.9 Å². The summed E-state index contributed by atoms with van der Waals surface area (Å²) in [6.45, 7) is 4.33. The maximum absolute atomic E-state index is 4.81. The third-order valence-electron chi connectivity index (χ3n) is 4.14. The zero-order valence-corrected chi connectivity index (χ0v) is 13.6. The third kappa shape index (κ3) is 3.72. The number of hydrogen-bond acceptors (Lipinski definition) is 3. The van der Waals surface area contributed by atoms with Gasteiger partial charge in [0.2, 0.25) is 0 Å². The van der Waals surface area contributed by atoms with Gasteiger partial charge in [-0.05, 0) is 55.8 Å². The molecule has 0 saturated heterocycles. The Balaban J connectivity index is 1.68. The number of aromatic nitrogens is 1.